The quantitative estimate of drug-likeness (QED) is 0.216. The molecule has 0 bridgehead atoms. The van der Waals surface area contributed by atoms with Crippen LogP contribution < -0.4 is 0 Å². The minimum Gasteiger partial charge on any atom is -0.463 e. The Hall–Kier alpha value is -4.78. The molecule has 0 aromatic heterocycles. The van der Waals surface area contributed by atoms with Crippen molar-refractivity contribution in [2.75, 3.05) is 20.3 Å². The van der Waals surface area contributed by atoms with Crippen LogP contribution in [0.5, 0.6) is 0 Å². The number of nitrogens with zero attached hydrogens (tertiary/aromatic N) is 2. The Bertz CT molecular complexity index is 1720. The van der Waals surface area contributed by atoms with Gasteiger partial charge in [-0.3, -0.25) is 28.9 Å². The first kappa shape index (κ1) is 35.6. The summed E-state index contributed by atoms with van der Waals surface area (Å²) in [6.45, 7) is 2.94. The van der Waals surface area contributed by atoms with E-state index in [2.05, 4.69) is 0 Å². The van der Waals surface area contributed by atoms with Crippen molar-refractivity contribution in [3.63, 3.8) is 0 Å². The summed E-state index contributed by atoms with van der Waals surface area (Å²) in [5, 5.41) is 0. The highest BCUT2D eigenvalue weighted by molar-refractivity contribution is 6.21. The molecule has 4 amide bonds. The molecule has 276 valence electrons. The van der Waals surface area contributed by atoms with Crippen LogP contribution in [0.3, 0.4) is 0 Å². The van der Waals surface area contributed by atoms with Gasteiger partial charge >= 0.3 is 18.0 Å². The Morgan fingerprint density at radius 2 is 1.46 bits per heavy atom. The number of esters is 2. The van der Waals surface area contributed by atoms with E-state index in [-0.39, 0.29) is 17.7 Å². The minimum atomic E-state index is -1.59. The van der Waals surface area contributed by atoms with Crippen molar-refractivity contribution in [1.29, 1.82) is 0 Å². The molecule has 2 aromatic rings. The normalized spacial score (nSPS) is 33.8. The summed E-state index contributed by atoms with van der Waals surface area (Å²) in [4.78, 5) is 80.0. The zero-order chi connectivity index (χ0) is 36.8. The van der Waals surface area contributed by atoms with E-state index in [1.54, 1.807) is 36.4 Å². The molecule has 11 atom stereocenters. The van der Waals surface area contributed by atoms with E-state index in [0.29, 0.717) is 5.56 Å². The number of carbonyl (C=O) groups is 6. The van der Waals surface area contributed by atoms with Gasteiger partial charge in [-0.05, 0) is 12.1 Å². The number of carbonyl (C=O) groups excluding carboxylic acids is 6. The van der Waals surface area contributed by atoms with Gasteiger partial charge < -0.3 is 42.6 Å². The first-order valence-corrected chi connectivity index (χ1v) is 16.6. The van der Waals surface area contributed by atoms with Crippen LogP contribution in [0.25, 0.3) is 0 Å². The molecule has 7 rings (SSSR count). The molecule has 5 aliphatic heterocycles. The van der Waals surface area contributed by atoms with E-state index >= 15 is 0 Å². The molecule has 2 aromatic carbocycles. The molecule has 4 saturated heterocycles. The Labute approximate surface area is 296 Å². The Morgan fingerprint density at radius 3 is 2.08 bits per heavy atom. The Balaban J connectivity index is 1.32. The van der Waals surface area contributed by atoms with Gasteiger partial charge in [0.05, 0.1) is 17.7 Å². The first-order chi connectivity index (χ1) is 25.0. The third-order valence-electron chi connectivity index (χ3n) is 9.46. The van der Waals surface area contributed by atoms with Gasteiger partial charge in [0.15, 0.2) is 31.1 Å². The summed E-state index contributed by atoms with van der Waals surface area (Å²) >= 11 is 0. The third-order valence-corrected chi connectivity index (χ3v) is 9.46. The van der Waals surface area contributed by atoms with Crippen LogP contribution in [0.2, 0.25) is 0 Å². The van der Waals surface area contributed by atoms with Crippen molar-refractivity contribution in [3.05, 3.63) is 71.3 Å². The van der Waals surface area contributed by atoms with Crippen LogP contribution in [0.1, 0.15) is 53.3 Å². The van der Waals surface area contributed by atoms with E-state index in [0.717, 1.165) is 23.6 Å². The molecule has 52 heavy (non-hydrogen) atoms. The van der Waals surface area contributed by atoms with Crippen LogP contribution in [0, 0.1) is 0 Å². The van der Waals surface area contributed by atoms with Crippen LogP contribution in [0.4, 0.5) is 4.79 Å². The predicted molar refractivity (Wildman–Crippen MR) is 169 cm³/mol. The van der Waals surface area contributed by atoms with Crippen LogP contribution in [-0.2, 0) is 57.0 Å². The lowest BCUT2D eigenvalue weighted by Gasteiger charge is -2.52. The zero-order valence-corrected chi connectivity index (χ0v) is 28.5. The number of hydrogen-bond acceptors (Lipinski definition) is 15. The Morgan fingerprint density at radius 1 is 0.788 bits per heavy atom. The van der Waals surface area contributed by atoms with Gasteiger partial charge in [0.2, 0.25) is 5.91 Å². The molecule has 5 aliphatic rings. The maximum Gasteiger partial charge on any atom is 0.417 e. The molecular formula is C35H36N2O15. The maximum atomic E-state index is 14.0. The lowest BCUT2D eigenvalue weighted by molar-refractivity contribution is -0.373. The summed E-state index contributed by atoms with van der Waals surface area (Å²) in [7, 11) is 1.33. The highest BCUT2D eigenvalue weighted by Gasteiger charge is 2.63. The molecule has 0 N–H and O–H groups in total. The molecule has 0 unspecified atom stereocenters. The monoisotopic (exact) mass is 724 g/mol. The predicted octanol–water partition coefficient (Wildman–Crippen LogP) is 1.48. The second kappa shape index (κ2) is 14.3. The smallest absolute Gasteiger partial charge is 0.417 e. The Kier molecular flexibility index (Phi) is 9.81. The summed E-state index contributed by atoms with van der Waals surface area (Å²) in [5.41, 5.74) is 0.953. The molecule has 17 nitrogen and oxygen atoms in total. The number of amides is 4. The molecule has 0 aliphatic carbocycles. The summed E-state index contributed by atoms with van der Waals surface area (Å²) in [6.07, 6.45) is -12.1. The van der Waals surface area contributed by atoms with Gasteiger partial charge in [-0.1, -0.05) is 42.5 Å². The lowest BCUT2D eigenvalue weighted by atomic mass is 9.92. The number of fused-ring (bicyclic) bond motifs is 3. The number of benzene rings is 2. The van der Waals surface area contributed by atoms with Gasteiger partial charge in [-0.15, -0.1) is 0 Å². The number of imide groups is 2. The summed E-state index contributed by atoms with van der Waals surface area (Å²) in [5.74, 6) is -3.48. The molecule has 0 radical (unpaired) electrons. The average molecular weight is 725 g/mol. The van der Waals surface area contributed by atoms with Crippen molar-refractivity contribution in [3.8, 4) is 0 Å². The fraction of sp³-hybridized carbons (Fsp3) is 0.486. The zero-order valence-electron chi connectivity index (χ0n) is 28.5. The van der Waals surface area contributed by atoms with Gasteiger partial charge in [0, 0.05) is 33.4 Å². The van der Waals surface area contributed by atoms with Crippen LogP contribution in [-0.4, -0.2) is 127 Å². The van der Waals surface area contributed by atoms with Crippen molar-refractivity contribution in [1.82, 2.24) is 9.80 Å². The second-order valence-corrected chi connectivity index (χ2v) is 12.7. The number of hydrogen-bond donors (Lipinski definition) is 0. The average Bonchev–Trinajstić information content (AvgIpc) is 3.61. The van der Waals surface area contributed by atoms with E-state index < -0.39 is 110 Å². The first-order valence-electron chi connectivity index (χ1n) is 16.6. The standard InChI is InChI=1S/C35H36N2O15/c1-16(38)36-25-29(52-35(36)43)26(47-18(3)40)22(14-45-17(2)39)49-34(25)51-28-24(37-30(41)20-12-8-9-13-21(20)31(37)42)33(44-4)48-23-15-46-32(50-27(23)28)19-10-6-5-7-11-19/h5-13,22-29,32-34H,14-15H2,1-4H3/t22-,23-,24+,25-,26-,27-,28-,29-,32-,33+,34-/m1/s1. The van der Waals surface area contributed by atoms with E-state index in [1.807, 2.05) is 6.07 Å². The van der Waals surface area contributed by atoms with Gasteiger partial charge in [-0.25, -0.2) is 9.69 Å². The van der Waals surface area contributed by atoms with E-state index in [1.165, 1.54) is 26.2 Å². The topological polar surface area (TPSA) is 192 Å². The molecule has 0 saturated carbocycles. The van der Waals surface area contributed by atoms with Gasteiger partial charge in [0.1, 0.15) is 43.1 Å². The summed E-state index contributed by atoms with van der Waals surface area (Å²) in [6, 6.07) is 12.6. The van der Waals surface area contributed by atoms with Crippen molar-refractivity contribution in [2.24, 2.45) is 0 Å². The molecular weight excluding hydrogens is 688 g/mol. The van der Waals surface area contributed by atoms with Crippen molar-refractivity contribution < 1.29 is 71.4 Å². The number of ether oxygens (including phenoxy) is 9. The molecule has 5 heterocycles. The van der Waals surface area contributed by atoms with Crippen molar-refractivity contribution in [2.45, 2.75) is 88.3 Å². The van der Waals surface area contributed by atoms with Gasteiger partial charge in [0.25, 0.3) is 11.8 Å². The second-order valence-electron chi connectivity index (χ2n) is 12.7. The summed E-state index contributed by atoms with van der Waals surface area (Å²) < 4.78 is 54.0. The van der Waals surface area contributed by atoms with Crippen LogP contribution in [0.15, 0.2) is 54.6 Å². The van der Waals surface area contributed by atoms with Crippen molar-refractivity contribution >= 4 is 35.8 Å². The lowest BCUT2D eigenvalue weighted by Crippen LogP contribution is -2.70. The maximum absolute atomic E-state index is 14.0. The molecule has 4 fully saturated rings. The van der Waals surface area contributed by atoms with Gasteiger partial charge in [-0.2, -0.15) is 0 Å². The highest BCUT2D eigenvalue weighted by Crippen LogP contribution is 2.42. The highest BCUT2D eigenvalue weighted by atomic mass is 16.8. The van der Waals surface area contributed by atoms with E-state index in [4.69, 9.17) is 42.6 Å². The number of methoxy groups -OCH3 is 1. The molecule has 17 heteroatoms. The van der Waals surface area contributed by atoms with Crippen LogP contribution >= 0.6 is 0 Å². The largest absolute Gasteiger partial charge is 0.463 e. The molecule has 0 spiro atoms. The SMILES string of the molecule is CO[C@H]1O[C@@H]2CO[C@@H](c3ccccc3)O[C@H]2[C@H](O[C@H]2O[C@H](COC(C)=O)[C@@H](OC(C)=O)[C@@H]3OC(=O)N(C(C)=O)[C@@H]23)[C@@H]1N1C(=O)c2ccccc2C1=O. The third kappa shape index (κ3) is 6.33. The fourth-order valence-corrected chi connectivity index (χ4v) is 7.31. The fourth-order valence-electron chi connectivity index (χ4n) is 7.31. The number of rotatable bonds is 8. The minimum absolute atomic E-state index is 0.0267. The van der Waals surface area contributed by atoms with E-state index in [9.17, 15) is 28.8 Å².